The Bertz CT molecular complexity index is 846. The van der Waals surface area contributed by atoms with E-state index in [4.69, 9.17) is 5.73 Å². The first-order valence-corrected chi connectivity index (χ1v) is 6.29. The maximum Gasteiger partial charge on any atom is 0.195 e. The van der Waals surface area contributed by atoms with Crippen molar-refractivity contribution in [2.75, 3.05) is 5.73 Å². The van der Waals surface area contributed by atoms with Gasteiger partial charge in [-0.3, -0.25) is 0 Å². The van der Waals surface area contributed by atoms with E-state index in [2.05, 4.69) is 4.98 Å². The summed E-state index contributed by atoms with van der Waals surface area (Å²) in [6.07, 6.45) is 0. The predicted molar refractivity (Wildman–Crippen MR) is 76.2 cm³/mol. The minimum Gasteiger partial charge on any atom is -0.398 e. The van der Waals surface area contributed by atoms with Gasteiger partial charge in [0.05, 0.1) is 16.6 Å². The number of benzene rings is 2. The van der Waals surface area contributed by atoms with Crippen LogP contribution in [0.15, 0.2) is 36.4 Å². The molecule has 0 aliphatic heterocycles. The zero-order chi connectivity index (χ0) is 15.1. The number of anilines is 1. The minimum absolute atomic E-state index is 0.00615. The number of nitrogen functional groups attached to an aromatic ring is 1. The van der Waals surface area contributed by atoms with Gasteiger partial charge in [-0.1, -0.05) is 30.3 Å². The van der Waals surface area contributed by atoms with Gasteiger partial charge in [-0.15, -0.1) is 0 Å². The first kappa shape index (κ1) is 13.4. The van der Waals surface area contributed by atoms with Crippen LogP contribution in [0.5, 0.6) is 0 Å². The SMILES string of the molecule is Cc1c(-c2ccccc2)nc2cc(F)c(F)c(F)c2c1N. The summed E-state index contributed by atoms with van der Waals surface area (Å²) in [5.41, 5.74) is 7.78. The van der Waals surface area contributed by atoms with Crippen molar-refractivity contribution in [1.29, 1.82) is 0 Å². The van der Waals surface area contributed by atoms with Gasteiger partial charge in [-0.25, -0.2) is 18.2 Å². The lowest BCUT2D eigenvalue weighted by molar-refractivity contribution is 0.453. The molecule has 2 nitrogen and oxygen atoms in total. The summed E-state index contributed by atoms with van der Waals surface area (Å²) in [7, 11) is 0. The van der Waals surface area contributed by atoms with Gasteiger partial charge in [0.25, 0.3) is 0 Å². The van der Waals surface area contributed by atoms with E-state index in [1.54, 1.807) is 6.92 Å². The number of fused-ring (bicyclic) bond motifs is 1. The van der Waals surface area contributed by atoms with Crippen molar-refractivity contribution in [2.24, 2.45) is 0 Å². The molecule has 0 aliphatic carbocycles. The van der Waals surface area contributed by atoms with Crippen LogP contribution < -0.4 is 5.73 Å². The van der Waals surface area contributed by atoms with Crippen LogP contribution in [0.1, 0.15) is 5.56 Å². The molecule has 2 N–H and O–H groups in total. The van der Waals surface area contributed by atoms with E-state index >= 15 is 0 Å². The Hall–Kier alpha value is -2.56. The number of pyridine rings is 1. The van der Waals surface area contributed by atoms with Crippen LogP contribution in [0.25, 0.3) is 22.2 Å². The second-order valence-corrected chi connectivity index (χ2v) is 4.75. The molecule has 1 heterocycles. The lowest BCUT2D eigenvalue weighted by Crippen LogP contribution is -2.02. The molecule has 5 heteroatoms. The van der Waals surface area contributed by atoms with Gasteiger partial charge in [0.1, 0.15) is 0 Å². The monoisotopic (exact) mass is 288 g/mol. The molecular weight excluding hydrogens is 277 g/mol. The third kappa shape index (κ3) is 2.01. The molecule has 0 atom stereocenters. The van der Waals surface area contributed by atoms with Crippen molar-refractivity contribution in [3.63, 3.8) is 0 Å². The molecule has 1 aromatic heterocycles. The quantitative estimate of drug-likeness (QED) is 0.681. The summed E-state index contributed by atoms with van der Waals surface area (Å²) in [5.74, 6) is -4.13. The molecule has 3 rings (SSSR count). The molecule has 0 spiro atoms. The van der Waals surface area contributed by atoms with Crippen molar-refractivity contribution in [3.05, 3.63) is 59.4 Å². The van der Waals surface area contributed by atoms with E-state index in [9.17, 15) is 13.2 Å². The molecule has 0 radical (unpaired) electrons. The molecule has 2 aromatic carbocycles. The smallest absolute Gasteiger partial charge is 0.195 e. The predicted octanol–water partition coefficient (Wildman–Crippen LogP) is 4.21. The molecule has 0 aliphatic rings. The Kier molecular flexibility index (Phi) is 3.05. The zero-order valence-corrected chi connectivity index (χ0v) is 11.1. The van der Waals surface area contributed by atoms with E-state index < -0.39 is 17.5 Å². The van der Waals surface area contributed by atoms with Crippen LogP contribution in [-0.2, 0) is 0 Å². The normalized spacial score (nSPS) is 11.0. The first-order valence-electron chi connectivity index (χ1n) is 6.29. The van der Waals surface area contributed by atoms with Gasteiger partial charge in [-0.05, 0) is 12.5 Å². The van der Waals surface area contributed by atoms with Crippen LogP contribution in [-0.4, -0.2) is 4.98 Å². The number of aromatic nitrogens is 1. The van der Waals surface area contributed by atoms with Crippen molar-refractivity contribution in [2.45, 2.75) is 6.92 Å². The highest BCUT2D eigenvalue weighted by molar-refractivity contribution is 5.95. The fourth-order valence-corrected chi connectivity index (χ4v) is 2.32. The molecule has 21 heavy (non-hydrogen) atoms. The highest BCUT2D eigenvalue weighted by Gasteiger charge is 2.19. The van der Waals surface area contributed by atoms with Gasteiger partial charge in [0.2, 0.25) is 0 Å². The van der Waals surface area contributed by atoms with Crippen LogP contribution in [0, 0.1) is 24.4 Å². The number of hydrogen-bond donors (Lipinski definition) is 1. The highest BCUT2D eigenvalue weighted by Crippen LogP contribution is 2.34. The average Bonchev–Trinajstić information content (AvgIpc) is 2.49. The fraction of sp³-hybridized carbons (Fsp3) is 0.0625. The summed E-state index contributed by atoms with van der Waals surface area (Å²) >= 11 is 0. The molecule has 0 saturated heterocycles. The third-order valence-electron chi connectivity index (χ3n) is 3.45. The number of halogens is 3. The van der Waals surface area contributed by atoms with Crippen LogP contribution in [0.4, 0.5) is 18.9 Å². The largest absolute Gasteiger partial charge is 0.398 e. The van der Waals surface area contributed by atoms with E-state index in [-0.39, 0.29) is 16.6 Å². The summed E-state index contributed by atoms with van der Waals surface area (Å²) in [4.78, 5) is 4.24. The van der Waals surface area contributed by atoms with Crippen molar-refractivity contribution >= 4 is 16.6 Å². The Balaban J connectivity index is 2.41. The molecular formula is C16H11F3N2. The second-order valence-electron chi connectivity index (χ2n) is 4.75. The van der Waals surface area contributed by atoms with Gasteiger partial charge in [0, 0.05) is 17.3 Å². The summed E-state index contributed by atoms with van der Waals surface area (Å²) < 4.78 is 40.6. The Morgan fingerprint density at radius 1 is 1.00 bits per heavy atom. The van der Waals surface area contributed by atoms with Crippen molar-refractivity contribution in [3.8, 4) is 11.3 Å². The number of nitrogens with zero attached hydrogens (tertiary/aromatic N) is 1. The Labute approximate surface area is 119 Å². The van der Waals surface area contributed by atoms with E-state index in [0.29, 0.717) is 11.3 Å². The Morgan fingerprint density at radius 2 is 1.67 bits per heavy atom. The average molecular weight is 288 g/mol. The van der Waals surface area contributed by atoms with Gasteiger partial charge in [-0.2, -0.15) is 0 Å². The van der Waals surface area contributed by atoms with Gasteiger partial charge < -0.3 is 5.73 Å². The molecule has 0 saturated carbocycles. The lowest BCUT2D eigenvalue weighted by Gasteiger charge is -2.12. The van der Waals surface area contributed by atoms with Gasteiger partial charge >= 0.3 is 0 Å². The fourth-order valence-electron chi connectivity index (χ4n) is 2.32. The van der Waals surface area contributed by atoms with Crippen LogP contribution >= 0.6 is 0 Å². The molecule has 0 amide bonds. The van der Waals surface area contributed by atoms with Crippen LogP contribution in [0.3, 0.4) is 0 Å². The van der Waals surface area contributed by atoms with Gasteiger partial charge in [0.15, 0.2) is 17.5 Å². The number of nitrogens with two attached hydrogens (primary N) is 1. The van der Waals surface area contributed by atoms with Crippen molar-refractivity contribution in [1.82, 2.24) is 4.98 Å². The molecule has 106 valence electrons. The maximum absolute atomic E-state index is 13.9. The van der Waals surface area contributed by atoms with E-state index in [1.807, 2.05) is 30.3 Å². The van der Waals surface area contributed by atoms with E-state index in [1.165, 1.54) is 0 Å². The molecule has 3 aromatic rings. The number of rotatable bonds is 1. The molecule has 0 unspecified atom stereocenters. The first-order chi connectivity index (χ1) is 10.0. The highest BCUT2D eigenvalue weighted by atomic mass is 19.2. The van der Waals surface area contributed by atoms with Crippen LogP contribution in [0.2, 0.25) is 0 Å². The summed E-state index contributed by atoms with van der Waals surface area (Å²) in [6, 6.07) is 9.98. The minimum atomic E-state index is -1.54. The summed E-state index contributed by atoms with van der Waals surface area (Å²) in [5, 5.41) is -0.189. The lowest BCUT2D eigenvalue weighted by atomic mass is 10.0. The topological polar surface area (TPSA) is 38.9 Å². The Morgan fingerprint density at radius 3 is 2.33 bits per heavy atom. The van der Waals surface area contributed by atoms with E-state index in [0.717, 1.165) is 11.6 Å². The maximum atomic E-state index is 13.9. The third-order valence-corrected chi connectivity index (χ3v) is 3.45. The number of hydrogen-bond acceptors (Lipinski definition) is 2. The zero-order valence-electron chi connectivity index (χ0n) is 11.1. The standard InChI is InChI=1S/C16H11F3N2/c1-8-15(20)12-11(7-10(17)13(18)14(12)19)21-16(8)9-5-3-2-4-6-9/h2-7H,1H3,(H2,20,21). The van der Waals surface area contributed by atoms with Crippen molar-refractivity contribution < 1.29 is 13.2 Å². The second kappa shape index (κ2) is 4.77. The molecule has 0 fully saturated rings. The summed E-state index contributed by atoms with van der Waals surface area (Å²) in [6.45, 7) is 1.67. The molecule has 0 bridgehead atoms.